The molecular weight excluding hydrogens is 236 g/mol. The van der Waals surface area contributed by atoms with E-state index in [4.69, 9.17) is 10.5 Å². The molecule has 1 aromatic carbocycles. The molecule has 0 aromatic heterocycles. The summed E-state index contributed by atoms with van der Waals surface area (Å²) in [5, 5.41) is 9.24. The van der Waals surface area contributed by atoms with Crippen LogP contribution in [-0.4, -0.2) is 12.1 Å². The third kappa shape index (κ3) is 3.08. The summed E-state index contributed by atoms with van der Waals surface area (Å²) in [6.45, 7) is 4.62. The summed E-state index contributed by atoms with van der Waals surface area (Å²) in [5.74, 6) is 1.61. The Labute approximate surface area is 115 Å². The third-order valence-electron chi connectivity index (χ3n) is 4.04. The number of nitriles is 1. The molecule has 2 atom stereocenters. The number of ether oxygens (including phenoxy) is 1. The van der Waals surface area contributed by atoms with Crippen LogP contribution in [0.4, 0.5) is 0 Å². The minimum atomic E-state index is -0.831. The van der Waals surface area contributed by atoms with Gasteiger partial charge in [-0.1, -0.05) is 32.0 Å². The van der Waals surface area contributed by atoms with E-state index in [-0.39, 0.29) is 6.61 Å². The second-order valence-electron chi connectivity index (χ2n) is 5.56. The van der Waals surface area contributed by atoms with Gasteiger partial charge < -0.3 is 10.5 Å². The molecular formula is C16H22N2O. The van der Waals surface area contributed by atoms with E-state index in [2.05, 4.69) is 26.0 Å². The van der Waals surface area contributed by atoms with E-state index in [0.29, 0.717) is 11.8 Å². The third-order valence-corrected chi connectivity index (χ3v) is 4.04. The molecule has 1 saturated carbocycles. The summed E-state index contributed by atoms with van der Waals surface area (Å²) in [7, 11) is 0. The van der Waals surface area contributed by atoms with E-state index in [9.17, 15) is 5.26 Å². The number of nitrogens with two attached hydrogens (primary N) is 1. The van der Waals surface area contributed by atoms with Crippen LogP contribution < -0.4 is 10.5 Å². The number of rotatable bonds is 6. The highest BCUT2D eigenvalue weighted by Gasteiger charge is 2.43. The summed E-state index contributed by atoms with van der Waals surface area (Å²) in [4.78, 5) is 0. The summed E-state index contributed by atoms with van der Waals surface area (Å²) in [6, 6.07) is 10.3. The number of benzene rings is 1. The normalized spacial score (nSPS) is 19.3. The summed E-state index contributed by atoms with van der Waals surface area (Å²) in [5.41, 5.74) is 6.49. The first-order valence-corrected chi connectivity index (χ1v) is 7.02. The van der Waals surface area contributed by atoms with Crippen LogP contribution >= 0.6 is 0 Å². The van der Waals surface area contributed by atoms with Crippen molar-refractivity contribution in [3.63, 3.8) is 0 Å². The van der Waals surface area contributed by atoms with Crippen LogP contribution in [0.1, 0.15) is 44.6 Å². The zero-order valence-electron chi connectivity index (χ0n) is 11.7. The molecule has 0 radical (unpaired) electrons. The van der Waals surface area contributed by atoms with Gasteiger partial charge in [-0.05, 0) is 42.7 Å². The van der Waals surface area contributed by atoms with Crippen molar-refractivity contribution in [1.29, 1.82) is 5.26 Å². The molecule has 102 valence electrons. The van der Waals surface area contributed by atoms with Crippen LogP contribution in [0.15, 0.2) is 24.3 Å². The fourth-order valence-electron chi connectivity index (χ4n) is 2.28. The number of nitrogens with zero attached hydrogens (tertiary/aromatic N) is 1. The zero-order chi connectivity index (χ0) is 13.9. The maximum atomic E-state index is 9.24. The Kier molecular flexibility index (Phi) is 4.11. The average molecular weight is 258 g/mol. The van der Waals surface area contributed by atoms with Crippen LogP contribution in [0.25, 0.3) is 0 Å². The number of hydrogen-bond donors (Lipinski definition) is 1. The Morgan fingerprint density at radius 3 is 2.74 bits per heavy atom. The maximum Gasteiger partial charge on any atom is 0.141 e. The molecule has 1 aliphatic carbocycles. The Morgan fingerprint density at radius 1 is 1.47 bits per heavy atom. The largest absolute Gasteiger partial charge is 0.490 e. The van der Waals surface area contributed by atoms with Gasteiger partial charge in [0.15, 0.2) is 0 Å². The fraction of sp³-hybridized carbons (Fsp3) is 0.562. The molecule has 2 unspecified atom stereocenters. The van der Waals surface area contributed by atoms with Gasteiger partial charge in [0, 0.05) is 0 Å². The van der Waals surface area contributed by atoms with Gasteiger partial charge >= 0.3 is 0 Å². The van der Waals surface area contributed by atoms with Crippen molar-refractivity contribution in [3.05, 3.63) is 29.8 Å². The van der Waals surface area contributed by atoms with Gasteiger partial charge in [-0.3, -0.25) is 0 Å². The molecule has 3 heteroatoms. The van der Waals surface area contributed by atoms with Gasteiger partial charge in [0.25, 0.3) is 0 Å². The van der Waals surface area contributed by atoms with Gasteiger partial charge in [-0.2, -0.15) is 5.26 Å². The molecule has 0 spiro atoms. The van der Waals surface area contributed by atoms with Crippen molar-refractivity contribution < 1.29 is 4.74 Å². The van der Waals surface area contributed by atoms with Crippen LogP contribution in [-0.2, 0) is 0 Å². The predicted molar refractivity (Wildman–Crippen MR) is 75.9 cm³/mol. The molecule has 2 N–H and O–H groups in total. The minimum absolute atomic E-state index is 0.279. The first-order valence-electron chi connectivity index (χ1n) is 7.02. The summed E-state index contributed by atoms with van der Waals surface area (Å²) >= 11 is 0. The first-order chi connectivity index (χ1) is 9.10. The van der Waals surface area contributed by atoms with Crippen molar-refractivity contribution >= 4 is 0 Å². The van der Waals surface area contributed by atoms with E-state index in [0.717, 1.165) is 25.0 Å². The SMILES string of the molecule is CCC(C)c1ccccc1OCC(N)(C#N)C1CC1. The lowest BCUT2D eigenvalue weighted by Crippen LogP contribution is -2.46. The topological polar surface area (TPSA) is 59.0 Å². The molecule has 1 aromatic rings. The quantitative estimate of drug-likeness (QED) is 0.852. The monoisotopic (exact) mass is 258 g/mol. The number of para-hydroxylation sites is 1. The molecule has 0 saturated heterocycles. The van der Waals surface area contributed by atoms with Crippen molar-refractivity contribution in [2.45, 2.75) is 44.6 Å². The van der Waals surface area contributed by atoms with Gasteiger partial charge in [0.05, 0.1) is 6.07 Å². The molecule has 3 nitrogen and oxygen atoms in total. The molecule has 1 fully saturated rings. The lowest BCUT2D eigenvalue weighted by molar-refractivity contribution is 0.234. The van der Waals surface area contributed by atoms with Crippen molar-refractivity contribution in [1.82, 2.24) is 0 Å². The highest BCUT2D eigenvalue weighted by molar-refractivity contribution is 5.36. The van der Waals surface area contributed by atoms with E-state index in [1.807, 2.05) is 18.2 Å². The molecule has 1 aliphatic rings. The first kappa shape index (κ1) is 13.9. The smallest absolute Gasteiger partial charge is 0.141 e. The second kappa shape index (κ2) is 5.63. The van der Waals surface area contributed by atoms with Gasteiger partial charge in [0.2, 0.25) is 0 Å². The maximum absolute atomic E-state index is 9.24. The second-order valence-corrected chi connectivity index (χ2v) is 5.56. The Hall–Kier alpha value is -1.53. The van der Waals surface area contributed by atoms with E-state index in [1.54, 1.807) is 0 Å². The average Bonchev–Trinajstić information content (AvgIpc) is 3.29. The highest BCUT2D eigenvalue weighted by Crippen LogP contribution is 2.38. The van der Waals surface area contributed by atoms with E-state index in [1.165, 1.54) is 5.56 Å². The molecule has 2 rings (SSSR count). The molecule has 0 bridgehead atoms. The molecule has 0 amide bonds. The van der Waals surface area contributed by atoms with Gasteiger partial charge in [-0.15, -0.1) is 0 Å². The van der Waals surface area contributed by atoms with Crippen LogP contribution in [0.3, 0.4) is 0 Å². The summed E-state index contributed by atoms with van der Waals surface area (Å²) in [6.07, 6.45) is 3.15. The zero-order valence-corrected chi connectivity index (χ0v) is 11.7. The van der Waals surface area contributed by atoms with Crippen LogP contribution in [0, 0.1) is 17.2 Å². The molecule has 0 aliphatic heterocycles. The highest BCUT2D eigenvalue weighted by atomic mass is 16.5. The number of hydrogen-bond acceptors (Lipinski definition) is 3. The van der Waals surface area contributed by atoms with Gasteiger partial charge in [0.1, 0.15) is 17.9 Å². The minimum Gasteiger partial charge on any atom is -0.490 e. The lowest BCUT2D eigenvalue weighted by Gasteiger charge is -2.23. The van der Waals surface area contributed by atoms with E-state index >= 15 is 0 Å². The molecule has 0 heterocycles. The fourth-order valence-corrected chi connectivity index (χ4v) is 2.28. The van der Waals surface area contributed by atoms with Crippen molar-refractivity contribution in [2.24, 2.45) is 11.7 Å². The Bertz CT molecular complexity index is 476. The Balaban J connectivity index is 2.09. The van der Waals surface area contributed by atoms with Crippen molar-refractivity contribution in [3.8, 4) is 11.8 Å². The standard InChI is InChI=1S/C16H22N2O/c1-3-12(2)14-6-4-5-7-15(14)19-11-16(18,10-17)13-8-9-13/h4-7,12-13H,3,8-9,11,18H2,1-2H3. The van der Waals surface area contributed by atoms with E-state index < -0.39 is 5.54 Å². The predicted octanol–water partition coefficient (Wildman–Crippen LogP) is 3.21. The van der Waals surface area contributed by atoms with Crippen LogP contribution in [0.5, 0.6) is 5.75 Å². The Morgan fingerprint density at radius 2 is 2.16 bits per heavy atom. The molecule has 19 heavy (non-hydrogen) atoms. The summed E-state index contributed by atoms with van der Waals surface area (Å²) < 4.78 is 5.87. The van der Waals surface area contributed by atoms with Gasteiger partial charge in [-0.25, -0.2) is 0 Å². The van der Waals surface area contributed by atoms with Crippen LogP contribution in [0.2, 0.25) is 0 Å². The lowest BCUT2D eigenvalue weighted by atomic mass is 9.96. The van der Waals surface area contributed by atoms with Crippen molar-refractivity contribution in [2.75, 3.05) is 6.61 Å².